The van der Waals surface area contributed by atoms with E-state index < -0.39 is 6.36 Å². The smallest absolute Gasteiger partial charge is 0.489 e. The standard InChI is InChI=1S/C12H14F3NO2/c13-12(14,15)18-10-4-1-3-9(7-10)17-11-5-2-6-16-8-11/h1,3-4,7,11,16H,2,5-6,8H2. The SMILES string of the molecule is FC(F)(F)Oc1cccc(OC2CCCNC2)c1. The van der Waals surface area contributed by atoms with Crippen molar-refractivity contribution in [3.8, 4) is 11.5 Å². The summed E-state index contributed by atoms with van der Waals surface area (Å²) in [4.78, 5) is 0. The number of alkyl halides is 3. The first-order chi connectivity index (χ1) is 8.53. The van der Waals surface area contributed by atoms with Gasteiger partial charge in [-0.25, -0.2) is 0 Å². The lowest BCUT2D eigenvalue weighted by Gasteiger charge is -2.24. The molecular weight excluding hydrogens is 247 g/mol. The zero-order chi connectivity index (χ0) is 13.0. The van der Waals surface area contributed by atoms with Crippen LogP contribution in [0.3, 0.4) is 0 Å². The lowest BCUT2D eigenvalue weighted by Crippen LogP contribution is -2.37. The van der Waals surface area contributed by atoms with E-state index in [-0.39, 0.29) is 11.9 Å². The van der Waals surface area contributed by atoms with Crippen molar-refractivity contribution in [2.75, 3.05) is 13.1 Å². The molecule has 1 aliphatic rings. The molecule has 1 aliphatic heterocycles. The molecule has 1 N–H and O–H groups in total. The molecule has 1 heterocycles. The van der Waals surface area contributed by atoms with Crippen molar-refractivity contribution >= 4 is 0 Å². The second kappa shape index (κ2) is 5.48. The third-order valence-corrected chi connectivity index (χ3v) is 2.59. The van der Waals surface area contributed by atoms with E-state index in [2.05, 4.69) is 10.1 Å². The maximum Gasteiger partial charge on any atom is 0.573 e. The predicted octanol–water partition coefficient (Wildman–Crippen LogP) is 2.72. The molecule has 3 nitrogen and oxygen atoms in total. The van der Waals surface area contributed by atoms with Crippen LogP contribution >= 0.6 is 0 Å². The van der Waals surface area contributed by atoms with Gasteiger partial charge >= 0.3 is 6.36 Å². The lowest BCUT2D eigenvalue weighted by molar-refractivity contribution is -0.274. The van der Waals surface area contributed by atoms with Gasteiger partial charge in [-0.2, -0.15) is 0 Å². The molecule has 0 spiro atoms. The number of rotatable bonds is 3. The maximum atomic E-state index is 12.1. The Hall–Kier alpha value is -1.43. The summed E-state index contributed by atoms with van der Waals surface area (Å²) in [7, 11) is 0. The van der Waals surface area contributed by atoms with Gasteiger partial charge in [-0.1, -0.05) is 6.07 Å². The third kappa shape index (κ3) is 4.10. The van der Waals surface area contributed by atoms with Crippen LogP contribution in [0.2, 0.25) is 0 Å². The summed E-state index contributed by atoms with van der Waals surface area (Å²) < 4.78 is 45.6. The zero-order valence-corrected chi connectivity index (χ0v) is 9.67. The van der Waals surface area contributed by atoms with Crippen LogP contribution in [0.4, 0.5) is 13.2 Å². The van der Waals surface area contributed by atoms with Crippen molar-refractivity contribution in [3.63, 3.8) is 0 Å². The van der Waals surface area contributed by atoms with Gasteiger partial charge in [0.25, 0.3) is 0 Å². The van der Waals surface area contributed by atoms with Gasteiger partial charge in [-0.3, -0.25) is 0 Å². The average molecular weight is 261 g/mol. The van der Waals surface area contributed by atoms with Crippen molar-refractivity contribution in [1.82, 2.24) is 5.32 Å². The van der Waals surface area contributed by atoms with Gasteiger partial charge < -0.3 is 14.8 Å². The molecule has 0 radical (unpaired) electrons. The molecule has 1 unspecified atom stereocenters. The van der Waals surface area contributed by atoms with Crippen LogP contribution < -0.4 is 14.8 Å². The first-order valence-corrected chi connectivity index (χ1v) is 5.76. The van der Waals surface area contributed by atoms with E-state index in [0.717, 1.165) is 19.4 Å². The Kier molecular flexibility index (Phi) is 3.96. The molecule has 1 aromatic carbocycles. The average Bonchev–Trinajstić information content (AvgIpc) is 2.28. The van der Waals surface area contributed by atoms with E-state index in [9.17, 15) is 13.2 Å². The van der Waals surface area contributed by atoms with Crippen LogP contribution in [-0.4, -0.2) is 25.6 Å². The second-order valence-electron chi connectivity index (χ2n) is 4.11. The van der Waals surface area contributed by atoms with E-state index in [1.807, 2.05) is 0 Å². The van der Waals surface area contributed by atoms with Crippen molar-refractivity contribution < 1.29 is 22.6 Å². The highest BCUT2D eigenvalue weighted by Gasteiger charge is 2.31. The summed E-state index contributed by atoms with van der Waals surface area (Å²) in [6.45, 7) is 1.67. The van der Waals surface area contributed by atoms with Crippen LogP contribution in [0.5, 0.6) is 11.5 Å². The van der Waals surface area contributed by atoms with E-state index in [1.165, 1.54) is 18.2 Å². The van der Waals surface area contributed by atoms with Crippen LogP contribution in [0.15, 0.2) is 24.3 Å². The Labute approximate surface area is 103 Å². The van der Waals surface area contributed by atoms with Crippen LogP contribution in [-0.2, 0) is 0 Å². The molecule has 1 atom stereocenters. The Balaban J connectivity index is 1.98. The summed E-state index contributed by atoms with van der Waals surface area (Å²) >= 11 is 0. The fourth-order valence-corrected chi connectivity index (χ4v) is 1.86. The fourth-order valence-electron chi connectivity index (χ4n) is 1.86. The molecule has 0 aliphatic carbocycles. The van der Waals surface area contributed by atoms with Gasteiger partial charge in [-0.05, 0) is 31.5 Å². The molecule has 100 valence electrons. The van der Waals surface area contributed by atoms with E-state index >= 15 is 0 Å². The van der Waals surface area contributed by atoms with Gasteiger partial charge in [0, 0.05) is 12.6 Å². The minimum Gasteiger partial charge on any atom is -0.489 e. The molecule has 0 bridgehead atoms. The predicted molar refractivity (Wildman–Crippen MR) is 59.6 cm³/mol. The number of ether oxygens (including phenoxy) is 2. The number of halogens is 3. The Bertz CT molecular complexity index is 389. The van der Waals surface area contributed by atoms with Gasteiger partial charge in [0.2, 0.25) is 0 Å². The van der Waals surface area contributed by atoms with Crippen LogP contribution in [0.25, 0.3) is 0 Å². The van der Waals surface area contributed by atoms with Crippen LogP contribution in [0.1, 0.15) is 12.8 Å². The van der Waals surface area contributed by atoms with Crippen molar-refractivity contribution in [3.05, 3.63) is 24.3 Å². The molecule has 0 amide bonds. The molecule has 6 heteroatoms. The number of hydrogen-bond donors (Lipinski definition) is 1. The minimum atomic E-state index is -4.68. The second-order valence-corrected chi connectivity index (χ2v) is 4.11. The summed E-state index contributed by atoms with van der Waals surface area (Å²) in [5.41, 5.74) is 0. The fraction of sp³-hybridized carbons (Fsp3) is 0.500. The first kappa shape index (κ1) is 13.0. The molecule has 1 aromatic rings. The number of benzene rings is 1. The minimum absolute atomic E-state index is 0.000105. The highest BCUT2D eigenvalue weighted by Crippen LogP contribution is 2.26. The Morgan fingerprint density at radius 1 is 1.22 bits per heavy atom. The normalized spacial score (nSPS) is 20.5. The topological polar surface area (TPSA) is 30.5 Å². The number of piperidine rings is 1. The van der Waals surface area contributed by atoms with E-state index in [0.29, 0.717) is 12.3 Å². The van der Waals surface area contributed by atoms with E-state index in [1.54, 1.807) is 6.07 Å². The molecule has 0 aromatic heterocycles. The molecule has 0 saturated carbocycles. The van der Waals surface area contributed by atoms with Crippen molar-refractivity contribution in [2.24, 2.45) is 0 Å². The third-order valence-electron chi connectivity index (χ3n) is 2.59. The van der Waals surface area contributed by atoms with E-state index in [4.69, 9.17) is 4.74 Å². The maximum absolute atomic E-state index is 12.1. The number of nitrogens with one attached hydrogen (secondary N) is 1. The monoisotopic (exact) mass is 261 g/mol. The molecular formula is C12H14F3NO2. The summed E-state index contributed by atoms with van der Waals surface area (Å²) in [6.07, 6.45) is -2.77. The highest BCUT2D eigenvalue weighted by molar-refractivity contribution is 5.33. The lowest BCUT2D eigenvalue weighted by atomic mass is 10.1. The van der Waals surface area contributed by atoms with Gasteiger partial charge in [-0.15, -0.1) is 13.2 Å². The van der Waals surface area contributed by atoms with Crippen molar-refractivity contribution in [2.45, 2.75) is 25.3 Å². The zero-order valence-electron chi connectivity index (χ0n) is 9.67. The number of hydrogen-bond acceptors (Lipinski definition) is 3. The molecule has 1 fully saturated rings. The summed E-state index contributed by atoms with van der Waals surface area (Å²) in [5.74, 6) is 0.134. The van der Waals surface area contributed by atoms with Crippen molar-refractivity contribution in [1.29, 1.82) is 0 Å². The highest BCUT2D eigenvalue weighted by atomic mass is 19.4. The quantitative estimate of drug-likeness (QED) is 0.907. The van der Waals surface area contributed by atoms with Gasteiger partial charge in [0.1, 0.15) is 17.6 Å². The summed E-state index contributed by atoms with van der Waals surface area (Å²) in [5, 5.41) is 3.17. The van der Waals surface area contributed by atoms with Crippen LogP contribution in [0, 0.1) is 0 Å². The largest absolute Gasteiger partial charge is 0.573 e. The van der Waals surface area contributed by atoms with Gasteiger partial charge in [0.15, 0.2) is 0 Å². The first-order valence-electron chi connectivity index (χ1n) is 5.76. The molecule has 1 saturated heterocycles. The Morgan fingerprint density at radius 3 is 2.67 bits per heavy atom. The molecule has 2 rings (SSSR count). The molecule has 18 heavy (non-hydrogen) atoms. The summed E-state index contributed by atoms with van der Waals surface area (Å²) in [6, 6.07) is 5.60. The van der Waals surface area contributed by atoms with Gasteiger partial charge in [0.05, 0.1) is 0 Å². The Morgan fingerprint density at radius 2 is 2.00 bits per heavy atom.